The molecular weight excluding hydrogens is 380 g/mol. The van der Waals surface area contributed by atoms with Crippen LogP contribution in [0.25, 0.3) is 11.2 Å². The molecule has 4 heterocycles. The fourth-order valence-corrected chi connectivity index (χ4v) is 3.32. The molecule has 0 spiro atoms. The summed E-state index contributed by atoms with van der Waals surface area (Å²) in [4.78, 5) is 12.2. The number of anilines is 1. The van der Waals surface area contributed by atoms with Gasteiger partial charge in [-0.15, -0.1) is 10.2 Å². The number of aromatic nitrogens is 6. The Morgan fingerprint density at radius 2 is 2.00 bits per heavy atom. The minimum Gasteiger partial charge on any atom is -0.348 e. The van der Waals surface area contributed by atoms with E-state index in [2.05, 4.69) is 20.2 Å². The highest BCUT2D eigenvalue weighted by molar-refractivity contribution is 5.82. The molecule has 0 amide bonds. The molecule has 1 aliphatic rings. The zero-order valence-electron chi connectivity index (χ0n) is 16.9. The lowest BCUT2D eigenvalue weighted by Gasteiger charge is -2.21. The quantitative estimate of drug-likeness (QED) is 0.533. The Kier molecular flexibility index (Phi) is 4.39. The lowest BCUT2D eigenvalue weighted by Crippen LogP contribution is -2.34. The van der Waals surface area contributed by atoms with E-state index in [1.807, 2.05) is 26.8 Å². The number of fused-ring (bicyclic) bond motifs is 1. The number of rotatable bonds is 3. The summed E-state index contributed by atoms with van der Waals surface area (Å²) in [6, 6.07) is 3.59. The summed E-state index contributed by atoms with van der Waals surface area (Å²) in [5.41, 5.74) is 1.90. The van der Waals surface area contributed by atoms with E-state index in [0.29, 0.717) is 35.0 Å². The Labute approximate surface area is 166 Å². The largest absolute Gasteiger partial charge is 0.348 e. The van der Waals surface area contributed by atoms with Crippen LogP contribution in [0, 0.1) is 6.92 Å². The van der Waals surface area contributed by atoms with E-state index in [4.69, 9.17) is 0 Å². The molecule has 1 aliphatic heterocycles. The van der Waals surface area contributed by atoms with E-state index in [9.17, 15) is 14.0 Å². The maximum Gasteiger partial charge on any atom is 0.266 e. The van der Waals surface area contributed by atoms with Crippen LogP contribution in [0.2, 0.25) is 0 Å². The average molecular weight is 404 g/mol. The third-order valence-corrected chi connectivity index (χ3v) is 5.06. The van der Waals surface area contributed by atoms with Crippen molar-refractivity contribution in [2.45, 2.75) is 52.0 Å². The number of hydrogen-bond donors (Lipinski definition) is 1. The number of halogens is 2. The van der Waals surface area contributed by atoms with E-state index in [0.717, 1.165) is 10.3 Å². The Morgan fingerprint density at radius 3 is 2.66 bits per heavy atom. The van der Waals surface area contributed by atoms with Gasteiger partial charge in [-0.3, -0.25) is 5.21 Å². The van der Waals surface area contributed by atoms with Crippen LogP contribution in [0.3, 0.4) is 0 Å². The van der Waals surface area contributed by atoms with E-state index < -0.39 is 12.5 Å². The molecule has 0 unspecified atom stereocenters. The Balaban J connectivity index is 1.80. The summed E-state index contributed by atoms with van der Waals surface area (Å²) in [6.07, 6.45) is 1.33. The number of nitrogens with zero attached hydrogens (tertiary/aromatic N) is 7. The summed E-state index contributed by atoms with van der Waals surface area (Å²) in [7, 11) is 0. The molecule has 0 aliphatic carbocycles. The second-order valence-corrected chi connectivity index (χ2v) is 8.51. The van der Waals surface area contributed by atoms with Crippen molar-refractivity contribution >= 4 is 17.0 Å². The van der Waals surface area contributed by atoms with Crippen molar-refractivity contribution in [1.82, 2.24) is 25.0 Å². The first-order valence-electron chi connectivity index (χ1n) is 9.49. The first-order chi connectivity index (χ1) is 13.5. The maximum absolute atomic E-state index is 13.8. The molecule has 154 valence electrons. The van der Waals surface area contributed by atoms with Crippen molar-refractivity contribution in [3.05, 3.63) is 35.4 Å². The molecule has 29 heavy (non-hydrogen) atoms. The normalized spacial score (nSPS) is 16.7. The summed E-state index contributed by atoms with van der Waals surface area (Å²) in [5, 5.41) is 18.8. The Hall–Kier alpha value is -2.91. The van der Waals surface area contributed by atoms with Crippen molar-refractivity contribution < 1.29 is 18.7 Å². The maximum atomic E-state index is 13.8. The molecule has 0 bridgehead atoms. The second-order valence-electron chi connectivity index (χ2n) is 8.51. The Morgan fingerprint density at radius 1 is 1.24 bits per heavy atom. The van der Waals surface area contributed by atoms with Gasteiger partial charge >= 0.3 is 0 Å². The fraction of sp³-hybridized carbons (Fsp3) is 0.526. The minimum atomic E-state index is -2.74. The van der Waals surface area contributed by atoms with E-state index in [-0.39, 0.29) is 18.4 Å². The van der Waals surface area contributed by atoms with Crippen LogP contribution in [-0.4, -0.2) is 49.2 Å². The van der Waals surface area contributed by atoms with Crippen LogP contribution in [0.5, 0.6) is 0 Å². The topological polar surface area (TPSA) is 83.8 Å². The van der Waals surface area contributed by atoms with Gasteiger partial charge in [-0.1, -0.05) is 20.8 Å². The van der Waals surface area contributed by atoms with Gasteiger partial charge in [0.1, 0.15) is 5.82 Å². The predicted octanol–water partition coefficient (Wildman–Crippen LogP) is 2.25. The highest BCUT2D eigenvalue weighted by atomic mass is 19.3. The van der Waals surface area contributed by atoms with E-state index in [1.54, 1.807) is 24.1 Å². The fourth-order valence-electron chi connectivity index (χ4n) is 3.32. The average Bonchev–Trinajstić information content (AvgIpc) is 3.19. The molecule has 3 aromatic rings. The summed E-state index contributed by atoms with van der Waals surface area (Å²) in [5.74, 6) is -1.82. The third kappa shape index (κ3) is 3.70. The van der Waals surface area contributed by atoms with Gasteiger partial charge in [0, 0.05) is 41.7 Å². The molecule has 0 aromatic carbocycles. The highest BCUT2D eigenvalue weighted by Gasteiger charge is 2.40. The molecule has 0 radical (unpaired) electrons. The molecule has 8 nitrogen and oxygen atoms in total. The van der Waals surface area contributed by atoms with Crippen molar-refractivity contribution in [3.8, 4) is 0 Å². The van der Waals surface area contributed by atoms with Crippen molar-refractivity contribution in [2.24, 2.45) is 0 Å². The zero-order valence-corrected chi connectivity index (χ0v) is 16.9. The van der Waals surface area contributed by atoms with Gasteiger partial charge in [-0.2, -0.15) is 4.80 Å². The van der Waals surface area contributed by atoms with Gasteiger partial charge in [0.15, 0.2) is 11.3 Å². The van der Waals surface area contributed by atoms with Gasteiger partial charge in [-0.25, -0.2) is 18.7 Å². The lowest BCUT2D eigenvalue weighted by atomic mass is 9.96. The summed E-state index contributed by atoms with van der Waals surface area (Å²) < 4.78 is 28.7. The first kappa shape index (κ1) is 19.4. The van der Waals surface area contributed by atoms with Gasteiger partial charge < -0.3 is 4.90 Å². The molecule has 1 N–H and O–H groups in total. The molecule has 1 saturated heterocycles. The van der Waals surface area contributed by atoms with Gasteiger partial charge in [-0.05, 0) is 6.07 Å². The molecular formula is C19H24F2N7O+. The summed E-state index contributed by atoms with van der Waals surface area (Å²) >= 11 is 0. The molecule has 0 atom stereocenters. The van der Waals surface area contributed by atoms with E-state index in [1.165, 1.54) is 4.80 Å². The van der Waals surface area contributed by atoms with Crippen LogP contribution >= 0.6 is 0 Å². The van der Waals surface area contributed by atoms with Crippen LogP contribution in [0.1, 0.15) is 44.3 Å². The van der Waals surface area contributed by atoms with Crippen LogP contribution < -0.4 is 9.63 Å². The van der Waals surface area contributed by atoms with Crippen molar-refractivity contribution in [2.75, 3.05) is 18.0 Å². The Bertz CT molecular complexity index is 1070. The lowest BCUT2D eigenvalue weighted by molar-refractivity contribution is -0.909. The third-order valence-electron chi connectivity index (χ3n) is 5.06. The minimum absolute atomic E-state index is 0.206. The number of hydrogen-bond acceptors (Lipinski definition) is 6. The molecule has 1 fully saturated rings. The molecule has 10 heteroatoms. The SMILES string of the molecule is Cc1c(Cn2nc3nc(C(C)(C)C)nc(N4CCC(F)(F)C4)c3n2)ccc[n+]1O. The molecule has 3 aromatic heterocycles. The van der Waals surface area contributed by atoms with Crippen LogP contribution in [0.15, 0.2) is 18.3 Å². The molecule has 0 saturated carbocycles. The summed E-state index contributed by atoms with van der Waals surface area (Å²) in [6.45, 7) is 7.81. The van der Waals surface area contributed by atoms with Gasteiger partial charge in [0.2, 0.25) is 17.5 Å². The second kappa shape index (κ2) is 6.57. The highest BCUT2D eigenvalue weighted by Crippen LogP contribution is 2.33. The van der Waals surface area contributed by atoms with Crippen LogP contribution in [-0.2, 0) is 12.0 Å². The van der Waals surface area contributed by atoms with Crippen molar-refractivity contribution in [3.63, 3.8) is 0 Å². The monoisotopic (exact) mass is 404 g/mol. The predicted molar refractivity (Wildman–Crippen MR) is 101 cm³/mol. The number of pyridine rings is 1. The van der Waals surface area contributed by atoms with Crippen molar-refractivity contribution in [1.29, 1.82) is 0 Å². The van der Waals surface area contributed by atoms with Crippen LogP contribution in [0.4, 0.5) is 14.6 Å². The van der Waals surface area contributed by atoms with Gasteiger partial charge in [0.05, 0.1) is 13.1 Å². The standard InChI is InChI=1S/C19H24F2N7O/c1-12-13(6-5-8-27(12)29)10-28-24-14-15(25-28)22-17(18(2,3)4)23-16(14)26-9-7-19(20,21)11-26/h5-6,8,29H,7,9-11H2,1-4H3/q+1. The first-order valence-corrected chi connectivity index (χ1v) is 9.49. The zero-order chi connectivity index (χ0) is 21.0. The molecule has 4 rings (SSSR count). The van der Waals surface area contributed by atoms with Gasteiger partial charge in [0.25, 0.3) is 5.92 Å². The smallest absolute Gasteiger partial charge is 0.266 e. The number of alkyl halides is 2. The van der Waals surface area contributed by atoms with E-state index >= 15 is 0 Å².